The van der Waals surface area contributed by atoms with Gasteiger partial charge in [0.25, 0.3) is 12.3 Å². The lowest BCUT2D eigenvalue weighted by molar-refractivity contribution is 0.0886. The van der Waals surface area contributed by atoms with Gasteiger partial charge < -0.3 is 5.32 Å². The molecule has 0 saturated carbocycles. The molecule has 0 spiro atoms. The van der Waals surface area contributed by atoms with E-state index in [9.17, 15) is 13.6 Å². The zero-order chi connectivity index (χ0) is 16.9. The van der Waals surface area contributed by atoms with Gasteiger partial charge in [-0.15, -0.1) is 0 Å². The summed E-state index contributed by atoms with van der Waals surface area (Å²) in [4.78, 5) is 12.1. The molecule has 122 valence electrons. The summed E-state index contributed by atoms with van der Waals surface area (Å²) in [6.07, 6.45) is -2.60. The van der Waals surface area contributed by atoms with Gasteiger partial charge in [-0.05, 0) is 18.2 Å². The number of para-hydroxylation sites is 1. The molecule has 0 radical (unpaired) electrons. The number of halogens is 2. The first-order valence-electron chi connectivity index (χ1n) is 7.42. The highest BCUT2D eigenvalue weighted by atomic mass is 19.3. The Morgan fingerprint density at radius 3 is 2.29 bits per heavy atom. The van der Waals surface area contributed by atoms with Crippen LogP contribution in [-0.4, -0.2) is 28.7 Å². The van der Waals surface area contributed by atoms with Gasteiger partial charge in [0.15, 0.2) is 5.69 Å². The number of nitrogens with zero attached hydrogens (tertiary/aromatic N) is 2. The van der Waals surface area contributed by atoms with Crippen molar-refractivity contribution in [2.24, 2.45) is 0 Å². The molecule has 6 heteroatoms. The largest absolute Gasteiger partial charge is 0.345 e. The normalized spacial score (nSPS) is 10.8. The maximum atomic E-state index is 12.3. The Morgan fingerprint density at radius 1 is 1.04 bits per heavy atom. The topological polar surface area (TPSA) is 46.9 Å². The summed E-state index contributed by atoms with van der Waals surface area (Å²) in [5, 5.41) is 6.47. The minimum absolute atomic E-state index is 0.0957. The summed E-state index contributed by atoms with van der Waals surface area (Å²) in [5.74, 6) is -0.623. The molecule has 24 heavy (non-hydrogen) atoms. The van der Waals surface area contributed by atoms with E-state index in [0.29, 0.717) is 5.69 Å². The molecule has 2 aromatic carbocycles. The summed E-state index contributed by atoms with van der Waals surface area (Å²) in [6, 6.07) is 20.4. The van der Waals surface area contributed by atoms with Crippen molar-refractivity contribution in [3.05, 3.63) is 72.4 Å². The second-order valence-electron chi connectivity index (χ2n) is 5.13. The first kappa shape index (κ1) is 15.9. The highest BCUT2D eigenvalue weighted by Gasteiger charge is 2.17. The van der Waals surface area contributed by atoms with Gasteiger partial charge in [0.2, 0.25) is 0 Å². The van der Waals surface area contributed by atoms with E-state index in [0.717, 1.165) is 11.3 Å². The van der Waals surface area contributed by atoms with Crippen molar-refractivity contribution in [3.8, 4) is 16.9 Å². The lowest BCUT2D eigenvalue weighted by atomic mass is 10.1. The van der Waals surface area contributed by atoms with Crippen molar-refractivity contribution < 1.29 is 13.6 Å². The molecule has 3 rings (SSSR count). The van der Waals surface area contributed by atoms with Crippen LogP contribution in [0.25, 0.3) is 16.9 Å². The van der Waals surface area contributed by atoms with Crippen molar-refractivity contribution >= 4 is 5.91 Å². The molecular formula is C18H15F2N3O. The molecule has 1 aromatic heterocycles. The molecule has 0 saturated heterocycles. The Bertz CT molecular complexity index is 760. The second-order valence-corrected chi connectivity index (χ2v) is 5.13. The molecular weight excluding hydrogens is 312 g/mol. The average Bonchev–Trinajstić information content (AvgIpc) is 3.06. The van der Waals surface area contributed by atoms with Gasteiger partial charge in [-0.1, -0.05) is 48.5 Å². The second kappa shape index (κ2) is 7.04. The third-order valence-corrected chi connectivity index (χ3v) is 3.43. The van der Waals surface area contributed by atoms with E-state index < -0.39 is 18.9 Å². The smallest absolute Gasteiger partial charge is 0.272 e. The number of carbonyl (C=O) groups is 1. The number of aromatic nitrogens is 2. The minimum atomic E-state index is -2.60. The van der Waals surface area contributed by atoms with E-state index in [2.05, 4.69) is 10.4 Å². The van der Waals surface area contributed by atoms with Crippen LogP contribution in [0.1, 0.15) is 10.5 Å². The molecule has 0 bridgehead atoms. The zero-order valence-corrected chi connectivity index (χ0v) is 12.7. The number of benzene rings is 2. The minimum Gasteiger partial charge on any atom is -0.345 e. The summed E-state index contributed by atoms with van der Waals surface area (Å²) < 4.78 is 26.2. The number of rotatable bonds is 5. The molecule has 0 atom stereocenters. The van der Waals surface area contributed by atoms with Crippen LogP contribution >= 0.6 is 0 Å². The molecule has 0 unspecified atom stereocenters. The Labute approximate surface area is 137 Å². The summed E-state index contributed by atoms with van der Waals surface area (Å²) in [7, 11) is 0. The van der Waals surface area contributed by atoms with Gasteiger partial charge in [0.1, 0.15) is 0 Å². The van der Waals surface area contributed by atoms with Crippen molar-refractivity contribution in [3.63, 3.8) is 0 Å². The summed E-state index contributed by atoms with van der Waals surface area (Å²) >= 11 is 0. The van der Waals surface area contributed by atoms with E-state index in [1.165, 1.54) is 0 Å². The fourth-order valence-corrected chi connectivity index (χ4v) is 2.33. The van der Waals surface area contributed by atoms with Crippen molar-refractivity contribution in [1.29, 1.82) is 0 Å². The van der Waals surface area contributed by atoms with Crippen LogP contribution in [-0.2, 0) is 0 Å². The highest BCUT2D eigenvalue weighted by Crippen LogP contribution is 2.23. The number of hydrogen-bond donors (Lipinski definition) is 1. The van der Waals surface area contributed by atoms with Crippen LogP contribution < -0.4 is 5.32 Å². The maximum Gasteiger partial charge on any atom is 0.272 e. The van der Waals surface area contributed by atoms with E-state index >= 15 is 0 Å². The van der Waals surface area contributed by atoms with E-state index in [-0.39, 0.29) is 5.69 Å². The third-order valence-electron chi connectivity index (χ3n) is 3.43. The SMILES string of the molecule is O=C(NCC(F)F)c1cc(-c2ccccc2)n(-c2ccccc2)n1. The third kappa shape index (κ3) is 3.48. The van der Waals surface area contributed by atoms with Crippen LogP contribution in [0.2, 0.25) is 0 Å². The number of nitrogens with one attached hydrogen (secondary N) is 1. The van der Waals surface area contributed by atoms with Gasteiger partial charge in [-0.2, -0.15) is 5.10 Å². The van der Waals surface area contributed by atoms with E-state index in [4.69, 9.17) is 0 Å². The zero-order valence-electron chi connectivity index (χ0n) is 12.7. The Balaban J connectivity index is 2.02. The van der Waals surface area contributed by atoms with Crippen LogP contribution in [0, 0.1) is 0 Å². The Hall–Kier alpha value is -3.02. The van der Waals surface area contributed by atoms with Crippen LogP contribution in [0.3, 0.4) is 0 Å². The highest BCUT2D eigenvalue weighted by molar-refractivity contribution is 5.93. The van der Waals surface area contributed by atoms with Crippen molar-refractivity contribution in [2.75, 3.05) is 6.54 Å². The number of alkyl halides is 2. The molecule has 1 N–H and O–H groups in total. The molecule has 4 nitrogen and oxygen atoms in total. The molecule has 0 aliphatic rings. The summed E-state index contributed by atoms with van der Waals surface area (Å²) in [5.41, 5.74) is 2.47. The predicted molar refractivity (Wildman–Crippen MR) is 87.3 cm³/mol. The molecule has 0 aliphatic heterocycles. The average molecular weight is 327 g/mol. The molecule has 0 aliphatic carbocycles. The summed E-state index contributed by atoms with van der Waals surface area (Å²) in [6.45, 7) is -0.697. The molecule has 1 amide bonds. The monoisotopic (exact) mass is 327 g/mol. The standard InChI is InChI=1S/C18H15F2N3O/c19-17(20)12-21-18(24)15-11-16(13-7-3-1-4-8-13)23(22-15)14-9-5-2-6-10-14/h1-11,17H,12H2,(H,21,24). The molecule has 0 fully saturated rings. The quantitative estimate of drug-likeness (QED) is 0.779. The van der Waals surface area contributed by atoms with Crippen LogP contribution in [0.4, 0.5) is 8.78 Å². The van der Waals surface area contributed by atoms with Crippen LogP contribution in [0.15, 0.2) is 66.7 Å². The maximum absolute atomic E-state index is 12.3. The van der Waals surface area contributed by atoms with Crippen LogP contribution in [0.5, 0.6) is 0 Å². The lowest BCUT2D eigenvalue weighted by Gasteiger charge is -2.07. The number of hydrogen-bond acceptors (Lipinski definition) is 2. The number of carbonyl (C=O) groups excluding carboxylic acids is 1. The van der Waals surface area contributed by atoms with Gasteiger partial charge in [0, 0.05) is 5.56 Å². The molecule has 1 heterocycles. The Kier molecular flexibility index (Phi) is 4.65. The first-order valence-corrected chi connectivity index (χ1v) is 7.42. The van der Waals surface area contributed by atoms with Gasteiger partial charge in [0.05, 0.1) is 17.9 Å². The fourth-order valence-electron chi connectivity index (χ4n) is 2.33. The van der Waals surface area contributed by atoms with Crippen molar-refractivity contribution in [2.45, 2.75) is 6.43 Å². The fraction of sp³-hybridized carbons (Fsp3) is 0.111. The van der Waals surface area contributed by atoms with Gasteiger partial charge in [-0.25, -0.2) is 13.5 Å². The van der Waals surface area contributed by atoms with E-state index in [1.54, 1.807) is 10.7 Å². The van der Waals surface area contributed by atoms with Gasteiger partial charge in [-0.3, -0.25) is 4.79 Å². The van der Waals surface area contributed by atoms with Crippen molar-refractivity contribution in [1.82, 2.24) is 15.1 Å². The van der Waals surface area contributed by atoms with Gasteiger partial charge >= 0.3 is 0 Å². The first-order chi connectivity index (χ1) is 11.6. The molecule has 3 aromatic rings. The predicted octanol–water partition coefficient (Wildman–Crippen LogP) is 3.53. The lowest BCUT2D eigenvalue weighted by Crippen LogP contribution is -2.28. The number of amides is 1. The van der Waals surface area contributed by atoms with E-state index in [1.807, 2.05) is 60.7 Å². The Morgan fingerprint density at radius 2 is 1.67 bits per heavy atom.